The molecule has 1 amide bonds. The zero-order valence-corrected chi connectivity index (χ0v) is 16.7. The number of rotatable bonds is 3. The van der Waals surface area contributed by atoms with Gasteiger partial charge < -0.3 is 4.90 Å². The van der Waals surface area contributed by atoms with Crippen molar-refractivity contribution in [2.24, 2.45) is 5.10 Å². The lowest BCUT2D eigenvalue weighted by Crippen LogP contribution is -2.43. The molecule has 1 saturated heterocycles. The second-order valence-corrected chi connectivity index (χ2v) is 9.07. The van der Waals surface area contributed by atoms with Gasteiger partial charge in [0.1, 0.15) is 5.82 Å². The standard InChI is InChI=1S/C21H22FN3O3S/c22-17-10-4-3-9-16(17)15-25-18-11-5-6-12-19(18)29(27,28)20(23-25)21(26)24-13-7-1-2-8-14-24/h3-6,9-12H,1-2,7-8,13-15H2. The van der Waals surface area contributed by atoms with Crippen LogP contribution in [0.1, 0.15) is 31.2 Å². The van der Waals surface area contributed by atoms with Crippen LogP contribution in [0.4, 0.5) is 10.1 Å². The fourth-order valence-electron chi connectivity index (χ4n) is 3.69. The van der Waals surface area contributed by atoms with Gasteiger partial charge in [0.15, 0.2) is 0 Å². The predicted molar refractivity (Wildman–Crippen MR) is 109 cm³/mol. The molecule has 2 aliphatic rings. The van der Waals surface area contributed by atoms with Gasteiger partial charge in [0.05, 0.1) is 17.1 Å². The van der Waals surface area contributed by atoms with E-state index in [1.54, 1.807) is 41.3 Å². The Balaban J connectivity index is 1.76. The van der Waals surface area contributed by atoms with Crippen LogP contribution in [0.5, 0.6) is 0 Å². The van der Waals surface area contributed by atoms with Gasteiger partial charge in [-0.3, -0.25) is 9.80 Å². The molecular weight excluding hydrogens is 393 g/mol. The maximum Gasteiger partial charge on any atom is 0.286 e. The number of hydrazone groups is 1. The molecule has 2 heterocycles. The number of nitrogens with zero attached hydrogens (tertiary/aromatic N) is 3. The average Bonchev–Trinajstić information content (AvgIpc) is 3.01. The molecule has 29 heavy (non-hydrogen) atoms. The number of sulfone groups is 1. The largest absolute Gasteiger partial charge is 0.337 e. The fourth-order valence-corrected chi connectivity index (χ4v) is 5.17. The first-order valence-electron chi connectivity index (χ1n) is 9.71. The third kappa shape index (κ3) is 3.76. The van der Waals surface area contributed by atoms with Gasteiger partial charge in [0.2, 0.25) is 14.9 Å². The van der Waals surface area contributed by atoms with E-state index < -0.39 is 26.6 Å². The first kappa shape index (κ1) is 19.6. The third-order valence-corrected chi connectivity index (χ3v) is 6.94. The lowest BCUT2D eigenvalue weighted by Gasteiger charge is -2.29. The molecule has 0 unspecified atom stereocenters. The van der Waals surface area contributed by atoms with E-state index in [2.05, 4.69) is 5.10 Å². The van der Waals surface area contributed by atoms with Gasteiger partial charge in [-0.25, -0.2) is 12.8 Å². The van der Waals surface area contributed by atoms with E-state index >= 15 is 0 Å². The molecule has 0 radical (unpaired) electrons. The first-order valence-corrected chi connectivity index (χ1v) is 11.2. The van der Waals surface area contributed by atoms with E-state index in [4.69, 9.17) is 0 Å². The van der Waals surface area contributed by atoms with Crippen LogP contribution in [0.2, 0.25) is 0 Å². The van der Waals surface area contributed by atoms with Crippen LogP contribution < -0.4 is 5.01 Å². The second-order valence-electron chi connectivity index (χ2n) is 7.23. The van der Waals surface area contributed by atoms with Gasteiger partial charge in [-0.05, 0) is 31.0 Å². The summed E-state index contributed by atoms with van der Waals surface area (Å²) in [6.45, 7) is 1.06. The second kappa shape index (κ2) is 7.94. The highest BCUT2D eigenvalue weighted by molar-refractivity contribution is 8.08. The molecule has 152 valence electrons. The van der Waals surface area contributed by atoms with Crippen LogP contribution in [-0.4, -0.2) is 37.4 Å². The number of hydrogen-bond donors (Lipinski definition) is 0. The van der Waals surface area contributed by atoms with Crippen molar-refractivity contribution in [1.29, 1.82) is 0 Å². The number of benzene rings is 2. The molecule has 0 bridgehead atoms. The van der Waals surface area contributed by atoms with E-state index in [-0.39, 0.29) is 11.4 Å². The number of carbonyl (C=O) groups is 1. The Labute approximate surface area is 169 Å². The molecule has 2 aromatic rings. The van der Waals surface area contributed by atoms with E-state index in [0.29, 0.717) is 24.3 Å². The highest BCUT2D eigenvalue weighted by atomic mass is 32.2. The third-order valence-electron chi connectivity index (χ3n) is 5.25. The summed E-state index contributed by atoms with van der Waals surface area (Å²) in [6.07, 6.45) is 3.72. The van der Waals surface area contributed by atoms with Crippen molar-refractivity contribution in [3.8, 4) is 0 Å². The van der Waals surface area contributed by atoms with Crippen molar-refractivity contribution in [3.05, 3.63) is 59.9 Å². The summed E-state index contributed by atoms with van der Waals surface area (Å²) < 4.78 is 40.5. The van der Waals surface area contributed by atoms with Gasteiger partial charge >= 0.3 is 0 Å². The normalized spacial score (nSPS) is 18.6. The molecule has 0 atom stereocenters. The van der Waals surface area contributed by atoms with E-state index in [0.717, 1.165) is 25.7 Å². The predicted octanol–water partition coefficient (Wildman–Crippen LogP) is 3.34. The van der Waals surface area contributed by atoms with Gasteiger partial charge in [0.25, 0.3) is 5.91 Å². The van der Waals surface area contributed by atoms with E-state index in [9.17, 15) is 17.6 Å². The van der Waals surface area contributed by atoms with Crippen LogP contribution in [0.15, 0.2) is 58.5 Å². The molecule has 2 aromatic carbocycles. The van der Waals surface area contributed by atoms with Crippen molar-refractivity contribution >= 4 is 26.5 Å². The summed E-state index contributed by atoms with van der Waals surface area (Å²) in [7, 11) is -4.06. The molecule has 0 spiro atoms. The summed E-state index contributed by atoms with van der Waals surface area (Å²) >= 11 is 0. The van der Waals surface area contributed by atoms with E-state index in [1.165, 1.54) is 17.1 Å². The number of halogens is 1. The van der Waals surface area contributed by atoms with Crippen molar-refractivity contribution in [2.75, 3.05) is 18.1 Å². The number of hydrogen-bond acceptors (Lipinski definition) is 5. The molecule has 1 fully saturated rings. The number of likely N-dealkylation sites (tertiary alicyclic amines) is 1. The minimum atomic E-state index is -4.06. The van der Waals surface area contributed by atoms with Gasteiger partial charge in [-0.15, -0.1) is 0 Å². The first-order chi connectivity index (χ1) is 14.0. The molecule has 4 rings (SSSR count). The highest BCUT2D eigenvalue weighted by Crippen LogP contribution is 2.33. The Bertz CT molecular complexity index is 1060. The maximum absolute atomic E-state index is 14.2. The van der Waals surface area contributed by atoms with Crippen LogP contribution in [0, 0.1) is 5.82 Å². The minimum absolute atomic E-state index is 0.0181. The average molecular weight is 415 g/mol. The van der Waals surface area contributed by atoms with Gasteiger partial charge in [0, 0.05) is 18.7 Å². The van der Waals surface area contributed by atoms with Gasteiger partial charge in [-0.2, -0.15) is 5.10 Å². The topological polar surface area (TPSA) is 70.0 Å². The summed E-state index contributed by atoms with van der Waals surface area (Å²) in [5.41, 5.74) is 0.704. The molecule has 8 heteroatoms. The molecule has 0 saturated carbocycles. The maximum atomic E-state index is 14.2. The molecule has 2 aliphatic heterocycles. The Kier molecular flexibility index (Phi) is 5.36. The summed E-state index contributed by atoms with van der Waals surface area (Å²) in [6, 6.07) is 12.6. The Hall–Kier alpha value is -2.74. The van der Waals surface area contributed by atoms with Crippen molar-refractivity contribution < 1.29 is 17.6 Å². The smallest absolute Gasteiger partial charge is 0.286 e. The Morgan fingerprint density at radius 3 is 2.34 bits per heavy atom. The van der Waals surface area contributed by atoms with E-state index in [1.807, 2.05) is 0 Å². The molecule has 6 nitrogen and oxygen atoms in total. The molecule has 0 N–H and O–H groups in total. The number of carbonyl (C=O) groups excluding carboxylic acids is 1. The van der Waals surface area contributed by atoms with Crippen molar-refractivity contribution in [1.82, 2.24) is 4.90 Å². The highest BCUT2D eigenvalue weighted by Gasteiger charge is 2.39. The summed E-state index contributed by atoms with van der Waals surface area (Å²) in [4.78, 5) is 14.7. The minimum Gasteiger partial charge on any atom is -0.337 e. The lowest BCUT2D eigenvalue weighted by molar-refractivity contribution is -0.123. The lowest BCUT2D eigenvalue weighted by atomic mass is 10.2. The number of fused-ring (bicyclic) bond motifs is 1. The van der Waals surface area contributed by atoms with Crippen LogP contribution in [0.25, 0.3) is 0 Å². The summed E-state index contributed by atoms with van der Waals surface area (Å²) in [5, 5.41) is 5.13. The Morgan fingerprint density at radius 1 is 0.966 bits per heavy atom. The number of para-hydroxylation sites is 1. The summed E-state index contributed by atoms with van der Waals surface area (Å²) in [5.74, 6) is -0.992. The quantitative estimate of drug-likeness (QED) is 0.771. The SMILES string of the molecule is O=C(C1=NN(Cc2ccccc2F)c2ccccc2S1(=O)=O)N1CCCCCC1. The van der Waals surface area contributed by atoms with Crippen LogP contribution >= 0.6 is 0 Å². The zero-order chi connectivity index (χ0) is 20.4. The molecule has 0 aromatic heterocycles. The Morgan fingerprint density at radius 2 is 1.62 bits per heavy atom. The molecular formula is C21H22FN3O3S. The van der Waals surface area contributed by atoms with Crippen LogP contribution in [-0.2, 0) is 21.2 Å². The van der Waals surface area contributed by atoms with Gasteiger partial charge in [-0.1, -0.05) is 43.2 Å². The van der Waals surface area contributed by atoms with Crippen LogP contribution in [0.3, 0.4) is 0 Å². The van der Waals surface area contributed by atoms with Crippen molar-refractivity contribution in [2.45, 2.75) is 37.1 Å². The number of amides is 1. The zero-order valence-electron chi connectivity index (χ0n) is 15.9. The monoisotopic (exact) mass is 415 g/mol. The molecule has 0 aliphatic carbocycles. The number of anilines is 1. The fraction of sp³-hybridized carbons (Fsp3) is 0.333. The van der Waals surface area contributed by atoms with Crippen molar-refractivity contribution in [3.63, 3.8) is 0 Å².